The Bertz CT molecular complexity index is 1010. The van der Waals surface area contributed by atoms with E-state index in [0.717, 1.165) is 49.8 Å². The summed E-state index contributed by atoms with van der Waals surface area (Å²) in [5.41, 5.74) is 0.924. The average molecular weight is 499 g/mol. The van der Waals surface area contributed by atoms with Gasteiger partial charge in [-0.1, -0.05) is 32.3 Å². The van der Waals surface area contributed by atoms with Crippen molar-refractivity contribution in [1.82, 2.24) is 9.80 Å². The third kappa shape index (κ3) is 7.26. The lowest BCUT2D eigenvalue weighted by Crippen LogP contribution is -2.45. The number of amides is 2. The van der Waals surface area contributed by atoms with Gasteiger partial charge in [0.15, 0.2) is 11.5 Å². The van der Waals surface area contributed by atoms with Crippen molar-refractivity contribution in [3.63, 3.8) is 0 Å². The number of carbonyl (C=O) groups excluding carboxylic acids is 2. The molecule has 8 heteroatoms. The van der Waals surface area contributed by atoms with Gasteiger partial charge in [0.05, 0.1) is 19.2 Å². The lowest BCUT2D eigenvalue weighted by Gasteiger charge is -2.29. The number of aryl methyl sites for hydroxylation is 1. The Morgan fingerprint density at radius 1 is 0.972 bits per heavy atom. The normalized spacial score (nSPS) is 16.3. The topological polar surface area (TPSA) is 81.5 Å². The second-order valence-corrected chi connectivity index (χ2v) is 9.67. The van der Waals surface area contributed by atoms with Gasteiger partial charge in [0, 0.05) is 26.1 Å². The van der Waals surface area contributed by atoms with Gasteiger partial charge in [-0.3, -0.25) is 9.59 Å². The van der Waals surface area contributed by atoms with Crippen LogP contribution in [0.5, 0.6) is 11.5 Å². The molecule has 0 spiro atoms. The highest BCUT2D eigenvalue weighted by Crippen LogP contribution is 2.33. The molecule has 3 heterocycles. The fourth-order valence-corrected chi connectivity index (χ4v) is 4.66. The molecule has 0 saturated carbocycles. The summed E-state index contributed by atoms with van der Waals surface area (Å²) in [7, 11) is 0. The monoisotopic (exact) mass is 498 g/mol. The quantitative estimate of drug-likeness (QED) is 0.368. The Morgan fingerprint density at radius 3 is 2.58 bits per heavy atom. The predicted octanol–water partition coefficient (Wildman–Crippen LogP) is 4.82. The van der Waals surface area contributed by atoms with Gasteiger partial charge >= 0.3 is 0 Å². The number of furan rings is 1. The van der Waals surface area contributed by atoms with E-state index in [1.807, 2.05) is 37.3 Å². The molecule has 0 bridgehead atoms. The molecule has 0 N–H and O–H groups in total. The second kappa shape index (κ2) is 12.8. The number of carbonyl (C=O) groups is 2. The van der Waals surface area contributed by atoms with Crippen molar-refractivity contribution in [3.05, 3.63) is 47.4 Å². The highest BCUT2D eigenvalue weighted by molar-refractivity contribution is 5.85. The zero-order chi connectivity index (χ0) is 25.3. The van der Waals surface area contributed by atoms with E-state index in [1.54, 1.807) is 9.80 Å². The first-order valence-electron chi connectivity index (χ1n) is 13.1. The summed E-state index contributed by atoms with van der Waals surface area (Å²) in [6, 6.07) is 9.48. The van der Waals surface area contributed by atoms with Gasteiger partial charge in [0.25, 0.3) is 0 Å². The standard InChI is InChI=1S/C28H38N2O6/c1-3-4-5-6-9-27(31)30(17-23-8-7-14-33-23)19-28(32)29(18-24-12-10-21(2)36-24)16-22-11-13-25-26(15-22)35-20-34-25/h10-13,15,23H,3-9,14,16-20H2,1-2H3. The van der Waals surface area contributed by atoms with Crippen LogP contribution in [-0.2, 0) is 27.4 Å². The molecule has 196 valence electrons. The van der Waals surface area contributed by atoms with Gasteiger partial charge in [-0.15, -0.1) is 0 Å². The highest BCUT2D eigenvalue weighted by atomic mass is 16.7. The SMILES string of the molecule is CCCCCCC(=O)N(CC(=O)N(Cc1ccc2c(c1)OCO2)Cc1ccc(C)o1)CC1CCCO1. The zero-order valence-corrected chi connectivity index (χ0v) is 21.5. The molecule has 8 nitrogen and oxygen atoms in total. The third-order valence-electron chi connectivity index (χ3n) is 6.68. The molecular weight excluding hydrogens is 460 g/mol. The van der Waals surface area contributed by atoms with Crippen molar-refractivity contribution in [1.29, 1.82) is 0 Å². The van der Waals surface area contributed by atoms with Crippen LogP contribution >= 0.6 is 0 Å². The van der Waals surface area contributed by atoms with Crippen molar-refractivity contribution in [2.45, 2.75) is 78.0 Å². The minimum Gasteiger partial charge on any atom is -0.464 e. The molecule has 1 fully saturated rings. The Hall–Kier alpha value is -3.00. The van der Waals surface area contributed by atoms with E-state index in [1.165, 1.54) is 0 Å². The third-order valence-corrected chi connectivity index (χ3v) is 6.68. The van der Waals surface area contributed by atoms with E-state index < -0.39 is 0 Å². The zero-order valence-electron chi connectivity index (χ0n) is 21.5. The van der Waals surface area contributed by atoms with Gasteiger partial charge < -0.3 is 28.4 Å². The van der Waals surface area contributed by atoms with Crippen LogP contribution in [0.4, 0.5) is 0 Å². The predicted molar refractivity (Wildman–Crippen MR) is 135 cm³/mol. The first kappa shape index (κ1) is 26.1. The van der Waals surface area contributed by atoms with Crippen molar-refractivity contribution >= 4 is 11.8 Å². The van der Waals surface area contributed by atoms with Crippen LogP contribution in [0.25, 0.3) is 0 Å². The van der Waals surface area contributed by atoms with Crippen LogP contribution in [0.15, 0.2) is 34.7 Å². The maximum absolute atomic E-state index is 13.7. The molecule has 1 atom stereocenters. The van der Waals surface area contributed by atoms with E-state index >= 15 is 0 Å². The van der Waals surface area contributed by atoms with Crippen LogP contribution in [-0.4, -0.2) is 54.2 Å². The maximum Gasteiger partial charge on any atom is 0.242 e. The van der Waals surface area contributed by atoms with E-state index in [9.17, 15) is 9.59 Å². The second-order valence-electron chi connectivity index (χ2n) is 9.67. The summed E-state index contributed by atoms with van der Waals surface area (Å²) < 4.78 is 22.5. The van der Waals surface area contributed by atoms with Gasteiger partial charge in [-0.25, -0.2) is 0 Å². The number of hydrogen-bond donors (Lipinski definition) is 0. The lowest BCUT2D eigenvalue weighted by molar-refractivity contribution is -0.142. The summed E-state index contributed by atoms with van der Waals surface area (Å²) in [6.07, 6.45) is 6.46. The number of rotatable bonds is 13. The number of unbranched alkanes of at least 4 members (excludes halogenated alkanes) is 3. The first-order valence-corrected chi connectivity index (χ1v) is 13.1. The molecule has 1 saturated heterocycles. The maximum atomic E-state index is 13.7. The summed E-state index contributed by atoms with van der Waals surface area (Å²) in [5, 5.41) is 0. The molecule has 2 aliphatic heterocycles. The Kier molecular flexibility index (Phi) is 9.28. The fraction of sp³-hybridized carbons (Fsp3) is 0.571. The number of ether oxygens (including phenoxy) is 3. The smallest absolute Gasteiger partial charge is 0.242 e. The Morgan fingerprint density at radius 2 is 1.83 bits per heavy atom. The summed E-state index contributed by atoms with van der Waals surface area (Å²) in [4.78, 5) is 30.2. The average Bonchev–Trinajstić information content (AvgIpc) is 3.63. The van der Waals surface area contributed by atoms with Crippen LogP contribution in [0, 0.1) is 6.92 Å². The minimum atomic E-state index is -0.123. The summed E-state index contributed by atoms with van der Waals surface area (Å²) in [6.45, 7) is 6.12. The van der Waals surface area contributed by atoms with Crippen LogP contribution < -0.4 is 9.47 Å². The number of fused-ring (bicyclic) bond motifs is 1. The van der Waals surface area contributed by atoms with Gasteiger partial charge in [0.2, 0.25) is 18.6 Å². The molecule has 1 aromatic heterocycles. The number of hydrogen-bond acceptors (Lipinski definition) is 6. The molecular formula is C28H38N2O6. The highest BCUT2D eigenvalue weighted by Gasteiger charge is 2.27. The van der Waals surface area contributed by atoms with E-state index in [-0.39, 0.29) is 31.3 Å². The summed E-state index contributed by atoms with van der Waals surface area (Å²) in [5.74, 6) is 2.78. The van der Waals surface area contributed by atoms with Crippen molar-refractivity contribution < 1.29 is 28.2 Å². The number of nitrogens with zero attached hydrogens (tertiary/aromatic N) is 2. The number of benzene rings is 1. The van der Waals surface area contributed by atoms with Gasteiger partial charge in [0.1, 0.15) is 11.5 Å². The lowest BCUT2D eigenvalue weighted by atomic mass is 10.1. The molecule has 0 radical (unpaired) electrons. The molecule has 4 rings (SSSR count). The molecule has 1 unspecified atom stereocenters. The first-order chi connectivity index (χ1) is 17.5. The van der Waals surface area contributed by atoms with E-state index in [0.29, 0.717) is 49.9 Å². The molecule has 0 aliphatic carbocycles. The van der Waals surface area contributed by atoms with Crippen molar-refractivity contribution in [2.75, 3.05) is 26.5 Å². The van der Waals surface area contributed by atoms with Crippen LogP contribution in [0.3, 0.4) is 0 Å². The molecule has 2 amide bonds. The molecule has 1 aromatic carbocycles. The molecule has 2 aromatic rings. The Balaban J connectivity index is 1.47. The van der Waals surface area contributed by atoms with E-state index in [2.05, 4.69) is 6.92 Å². The van der Waals surface area contributed by atoms with E-state index in [4.69, 9.17) is 18.6 Å². The molecule has 2 aliphatic rings. The van der Waals surface area contributed by atoms with Gasteiger partial charge in [-0.05, 0) is 56.0 Å². The van der Waals surface area contributed by atoms with Crippen molar-refractivity contribution in [2.24, 2.45) is 0 Å². The minimum absolute atomic E-state index is 0.00701. The molecule has 36 heavy (non-hydrogen) atoms. The van der Waals surface area contributed by atoms with Crippen LogP contribution in [0.2, 0.25) is 0 Å². The summed E-state index contributed by atoms with van der Waals surface area (Å²) >= 11 is 0. The largest absolute Gasteiger partial charge is 0.464 e. The Labute approximate surface area is 213 Å². The van der Waals surface area contributed by atoms with Crippen LogP contribution in [0.1, 0.15) is 69.0 Å². The fourth-order valence-electron chi connectivity index (χ4n) is 4.66. The van der Waals surface area contributed by atoms with Gasteiger partial charge in [-0.2, -0.15) is 0 Å². The van der Waals surface area contributed by atoms with Crippen molar-refractivity contribution in [3.8, 4) is 11.5 Å².